The zero-order valence-corrected chi connectivity index (χ0v) is 12.5. The van der Waals surface area contributed by atoms with Crippen LogP contribution in [0.2, 0.25) is 0 Å². The van der Waals surface area contributed by atoms with Gasteiger partial charge in [0.1, 0.15) is 6.54 Å². The third-order valence-electron chi connectivity index (χ3n) is 4.63. The monoisotopic (exact) mass is 346 g/mol. The number of nitrogens with one attached hydrogen (secondary N) is 1. The molecule has 1 N–H and O–H groups in total. The van der Waals surface area contributed by atoms with Gasteiger partial charge in [0.05, 0.1) is 12.0 Å². The summed E-state index contributed by atoms with van der Waals surface area (Å²) in [5.41, 5.74) is 0. The molecule has 134 valence electrons. The molecule has 1 unspecified atom stereocenters. The second kappa shape index (κ2) is 6.86. The summed E-state index contributed by atoms with van der Waals surface area (Å²) in [5.74, 6) is -1.79. The van der Waals surface area contributed by atoms with Crippen LogP contribution in [0.4, 0.5) is 26.3 Å². The lowest BCUT2D eigenvalue weighted by molar-refractivity contribution is -0.183. The molecule has 9 heteroatoms. The molecule has 1 heterocycles. The van der Waals surface area contributed by atoms with E-state index in [-0.39, 0.29) is 25.3 Å². The van der Waals surface area contributed by atoms with E-state index in [1.807, 2.05) is 0 Å². The van der Waals surface area contributed by atoms with E-state index in [9.17, 15) is 31.1 Å². The summed E-state index contributed by atoms with van der Waals surface area (Å²) in [7, 11) is 0. The number of alkyl halides is 6. The van der Waals surface area contributed by atoms with Gasteiger partial charge in [-0.05, 0) is 44.6 Å². The highest BCUT2D eigenvalue weighted by atomic mass is 19.4. The van der Waals surface area contributed by atoms with Gasteiger partial charge in [0, 0.05) is 6.54 Å². The minimum Gasteiger partial charge on any atom is -0.332 e. The van der Waals surface area contributed by atoms with Gasteiger partial charge in [-0.15, -0.1) is 0 Å². The van der Waals surface area contributed by atoms with E-state index < -0.39 is 36.8 Å². The molecular formula is C14H20F6N2O. The number of halogens is 6. The van der Waals surface area contributed by atoms with Gasteiger partial charge in [-0.3, -0.25) is 4.79 Å². The van der Waals surface area contributed by atoms with Crippen LogP contribution in [0.3, 0.4) is 0 Å². The van der Waals surface area contributed by atoms with Crippen LogP contribution in [0.15, 0.2) is 0 Å². The fraction of sp³-hybridized carbons (Fsp3) is 0.929. The standard InChI is InChI=1S/C14H20F6N2O/c15-13(16,17)8-22-6-5-11(12(22)23)21-7-9-1-3-10(4-2-9)14(18,19)20/h9-11,21H,1-8H2. The van der Waals surface area contributed by atoms with Crippen molar-refractivity contribution < 1.29 is 31.1 Å². The predicted molar refractivity (Wildman–Crippen MR) is 70.5 cm³/mol. The highest BCUT2D eigenvalue weighted by Gasteiger charge is 2.42. The summed E-state index contributed by atoms with van der Waals surface area (Å²) < 4.78 is 74.6. The SMILES string of the molecule is O=C1C(NCC2CCC(C(F)(F)F)CC2)CCN1CC(F)(F)F. The Bertz CT molecular complexity index is 414. The fourth-order valence-electron chi connectivity index (χ4n) is 3.30. The van der Waals surface area contributed by atoms with Crippen molar-refractivity contribution in [2.45, 2.75) is 50.5 Å². The van der Waals surface area contributed by atoms with Crippen LogP contribution in [-0.4, -0.2) is 48.8 Å². The molecule has 0 aromatic carbocycles. The predicted octanol–water partition coefficient (Wildman–Crippen LogP) is 3.11. The van der Waals surface area contributed by atoms with Gasteiger partial charge in [-0.2, -0.15) is 26.3 Å². The van der Waals surface area contributed by atoms with Crippen LogP contribution in [0, 0.1) is 11.8 Å². The summed E-state index contributed by atoms with van der Waals surface area (Å²) in [6.07, 6.45) is -7.27. The van der Waals surface area contributed by atoms with Crippen molar-refractivity contribution in [3.8, 4) is 0 Å². The van der Waals surface area contributed by atoms with Gasteiger partial charge in [0.2, 0.25) is 5.91 Å². The van der Waals surface area contributed by atoms with Gasteiger partial charge in [0.25, 0.3) is 0 Å². The number of likely N-dealkylation sites (tertiary alicyclic amines) is 1. The van der Waals surface area contributed by atoms with E-state index in [2.05, 4.69) is 5.32 Å². The maximum absolute atomic E-state index is 12.6. The summed E-state index contributed by atoms with van der Waals surface area (Å²) in [6.45, 7) is -0.821. The molecule has 0 aromatic rings. The molecular weight excluding hydrogens is 326 g/mol. The third kappa shape index (κ3) is 5.26. The molecule has 1 aliphatic heterocycles. The Morgan fingerprint density at radius 3 is 2.13 bits per heavy atom. The highest BCUT2D eigenvalue weighted by molar-refractivity contribution is 5.84. The molecule has 23 heavy (non-hydrogen) atoms. The lowest BCUT2D eigenvalue weighted by atomic mass is 9.81. The van der Waals surface area contributed by atoms with Crippen molar-refractivity contribution in [1.29, 1.82) is 0 Å². The first-order chi connectivity index (χ1) is 10.6. The van der Waals surface area contributed by atoms with Gasteiger partial charge in [0.15, 0.2) is 0 Å². The van der Waals surface area contributed by atoms with Gasteiger partial charge in [-0.25, -0.2) is 0 Å². The Kier molecular flexibility index (Phi) is 5.48. The minimum absolute atomic E-state index is 0.0399. The summed E-state index contributed by atoms with van der Waals surface area (Å²) in [5, 5.41) is 2.93. The zero-order chi connectivity index (χ0) is 17.3. The van der Waals surface area contributed by atoms with Crippen molar-refractivity contribution in [2.75, 3.05) is 19.6 Å². The van der Waals surface area contributed by atoms with E-state index in [0.717, 1.165) is 4.90 Å². The molecule has 0 bridgehead atoms. The molecule has 3 nitrogen and oxygen atoms in total. The number of nitrogens with zero attached hydrogens (tertiary/aromatic N) is 1. The van der Waals surface area contributed by atoms with Crippen LogP contribution in [0.1, 0.15) is 32.1 Å². The van der Waals surface area contributed by atoms with Crippen molar-refractivity contribution in [1.82, 2.24) is 10.2 Å². The van der Waals surface area contributed by atoms with Crippen LogP contribution >= 0.6 is 0 Å². The van der Waals surface area contributed by atoms with Crippen molar-refractivity contribution in [2.24, 2.45) is 11.8 Å². The molecule has 1 aliphatic carbocycles. The molecule has 2 rings (SSSR count). The number of carbonyl (C=O) groups is 1. The quantitative estimate of drug-likeness (QED) is 0.794. The molecule has 1 amide bonds. The van der Waals surface area contributed by atoms with Crippen molar-refractivity contribution >= 4 is 5.91 Å². The van der Waals surface area contributed by atoms with Crippen molar-refractivity contribution in [3.05, 3.63) is 0 Å². The number of hydrogen-bond donors (Lipinski definition) is 1. The molecule has 1 saturated heterocycles. The van der Waals surface area contributed by atoms with E-state index in [0.29, 0.717) is 25.8 Å². The first kappa shape index (κ1) is 18.4. The van der Waals surface area contributed by atoms with Crippen molar-refractivity contribution in [3.63, 3.8) is 0 Å². The Hall–Kier alpha value is -0.990. The number of hydrogen-bond acceptors (Lipinski definition) is 2. The van der Waals surface area contributed by atoms with Gasteiger partial charge < -0.3 is 10.2 Å². The largest absolute Gasteiger partial charge is 0.406 e. The Morgan fingerprint density at radius 1 is 1.00 bits per heavy atom. The summed E-state index contributed by atoms with van der Waals surface area (Å²) in [6, 6.07) is -0.655. The molecule has 2 fully saturated rings. The number of amides is 1. The van der Waals surface area contributed by atoms with Crippen LogP contribution in [0.25, 0.3) is 0 Å². The maximum Gasteiger partial charge on any atom is 0.406 e. The average Bonchev–Trinajstić information content (AvgIpc) is 2.75. The lowest BCUT2D eigenvalue weighted by Gasteiger charge is -2.30. The number of carbonyl (C=O) groups excluding carboxylic acids is 1. The smallest absolute Gasteiger partial charge is 0.332 e. The van der Waals surface area contributed by atoms with Crippen LogP contribution < -0.4 is 5.32 Å². The van der Waals surface area contributed by atoms with Crippen LogP contribution in [-0.2, 0) is 4.79 Å². The molecule has 1 saturated carbocycles. The second-order valence-electron chi connectivity index (χ2n) is 6.38. The van der Waals surface area contributed by atoms with Crippen LogP contribution in [0.5, 0.6) is 0 Å². The number of rotatable bonds is 4. The zero-order valence-electron chi connectivity index (χ0n) is 12.5. The fourth-order valence-corrected chi connectivity index (χ4v) is 3.30. The first-order valence-corrected chi connectivity index (χ1v) is 7.72. The molecule has 0 radical (unpaired) electrons. The van der Waals surface area contributed by atoms with Gasteiger partial charge in [-0.1, -0.05) is 0 Å². The Morgan fingerprint density at radius 2 is 1.61 bits per heavy atom. The average molecular weight is 346 g/mol. The topological polar surface area (TPSA) is 32.3 Å². The van der Waals surface area contributed by atoms with E-state index in [1.165, 1.54) is 0 Å². The molecule has 0 aromatic heterocycles. The molecule has 0 spiro atoms. The highest BCUT2D eigenvalue weighted by Crippen LogP contribution is 2.39. The lowest BCUT2D eigenvalue weighted by Crippen LogP contribution is -2.43. The first-order valence-electron chi connectivity index (χ1n) is 7.72. The minimum atomic E-state index is -4.42. The summed E-state index contributed by atoms with van der Waals surface area (Å²) in [4.78, 5) is 12.6. The second-order valence-corrected chi connectivity index (χ2v) is 6.38. The molecule has 2 aliphatic rings. The molecule has 1 atom stereocenters. The third-order valence-corrected chi connectivity index (χ3v) is 4.63. The normalized spacial score (nSPS) is 30.1. The van der Waals surface area contributed by atoms with E-state index in [4.69, 9.17) is 0 Å². The van der Waals surface area contributed by atoms with E-state index in [1.54, 1.807) is 0 Å². The van der Waals surface area contributed by atoms with E-state index >= 15 is 0 Å². The summed E-state index contributed by atoms with van der Waals surface area (Å²) >= 11 is 0. The maximum atomic E-state index is 12.6. The Balaban J connectivity index is 1.72. The Labute approximate surface area is 130 Å². The van der Waals surface area contributed by atoms with Gasteiger partial charge >= 0.3 is 12.4 Å².